The number of nitrogens with zero attached hydrogens (tertiary/aromatic N) is 1. The van der Waals surface area contributed by atoms with Crippen LogP contribution in [0.3, 0.4) is 0 Å². The van der Waals surface area contributed by atoms with E-state index in [9.17, 15) is 4.79 Å². The van der Waals surface area contributed by atoms with Gasteiger partial charge in [-0.1, -0.05) is 42.5 Å². The number of hydrogen-bond donors (Lipinski definition) is 1. The standard InChI is InChI=1S/C18H20N2O/c19-18(21)16-8-6-15(7-9-16)13-20(17-10-11-17)12-14-4-2-1-3-5-14/h1-9,17H,10-13H2,(H2,19,21). The molecule has 0 atom stereocenters. The molecule has 3 rings (SSSR count). The average Bonchev–Trinajstić information content (AvgIpc) is 3.33. The molecule has 0 bridgehead atoms. The second-order valence-corrected chi connectivity index (χ2v) is 5.68. The molecule has 0 saturated heterocycles. The largest absolute Gasteiger partial charge is 0.366 e. The number of amides is 1. The lowest BCUT2D eigenvalue weighted by molar-refractivity contribution is 0.100. The molecule has 1 aliphatic rings. The summed E-state index contributed by atoms with van der Waals surface area (Å²) in [5.74, 6) is -0.370. The van der Waals surface area contributed by atoms with Gasteiger partial charge in [0.2, 0.25) is 5.91 Å². The van der Waals surface area contributed by atoms with Crippen molar-refractivity contribution in [2.75, 3.05) is 0 Å². The second-order valence-electron chi connectivity index (χ2n) is 5.68. The average molecular weight is 280 g/mol. The quantitative estimate of drug-likeness (QED) is 0.884. The summed E-state index contributed by atoms with van der Waals surface area (Å²) in [5, 5.41) is 0. The van der Waals surface area contributed by atoms with E-state index < -0.39 is 0 Å². The van der Waals surface area contributed by atoms with E-state index in [-0.39, 0.29) is 5.91 Å². The van der Waals surface area contributed by atoms with E-state index >= 15 is 0 Å². The highest BCUT2D eigenvalue weighted by molar-refractivity contribution is 5.92. The fourth-order valence-corrected chi connectivity index (χ4v) is 2.58. The Hall–Kier alpha value is -2.13. The Morgan fingerprint density at radius 1 is 0.952 bits per heavy atom. The molecule has 1 fully saturated rings. The highest BCUT2D eigenvalue weighted by Crippen LogP contribution is 2.29. The van der Waals surface area contributed by atoms with Crippen LogP contribution in [-0.4, -0.2) is 16.8 Å². The van der Waals surface area contributed by atoms with Gasteiger partial charge in [0.25, 0.3) is 0 Å². The van der Waals surface area contributed by atoms with Crippen molar-refractivity contribution in [3.8, 4) is 0 Å². The maximum atomic E-state index is 11.1. The van der Waals surface area contributed by atoms with Crippen molar-refractivity contribution in [2.45, 2.75) is 32.0 Å². The van der Waals surface area contributed by atoms with Gasteiger partial charge in [-0.05, 0) is 36.1 Å². The van der Waals surface area contributed by atoms with Crippen molar-refractivity contribution in [3.05, 3.63) is 71.3 Å². The molecule has 3 heteroatoms. The summed E-state index contributed by atoms with van der Waals surface area (Å²) in [5.41, 5.74) is 8.42. The molecule has 2 N–H and O–H groups in total. The van der Waals surface area contributed by atoms with Crippen LogP contribution in [0.5, 0.6) is 0 Å². The van der Waals surface area contributed by atoms with Crippen LogP contribution in [0, 0.1) is 0 Å². The molecule has 0 aliphatic heterocycles. The summed E-state index contributed by atoms with van der Waals surface area (Å²) >= 11 is 0. The van der Waals surface area contributed by atoms with Gasteiger partial charge in [-0.25, -0.2) is 0 Å². The molecule has 108 valence electrons. The minimum atomic E-state index is -0.370. The van der Waals surface area contributed by atoms with Crippen LogP contribution in [0.25, 0.3) is 0 Å². The van der Waals surface area contributed by atoms with Crippen LogP contribution in [0.4, 0.5) is 0 Å². The first-order valence-corrected chi connectivity index (χ1v) is 7.39. The van der Waals surface area contributed by atoms with E-state index in [1.54, 1.807) is 0 Å². The first-order chi connectivity index (χ1) is 10.2. The molecule has 1 amide bonds. The van der Waals surface area contributed by atoms with E-state index in [1.165, 1.54) is 24.0 Å². The van der Waals surface area contributed by atoms with Crippen molar-refractivity contribution >= 4 is 5.91 Å². The number of benzene rings is 2. The third-order valence-corrected chi connectivity index (χ3v) is 3.92. The van der Waals surface area contributed by atoms with Crippen molar-refractivity contribution < 1.29 is 4.79 Å². The summed E-state index contributed by atoms with van der Waals surface area (Å²) in [7, 11) is 0. The van der Waals surface area contributed by atoms with Crippen LogP contribution in [-0.2, 0) is 13.1 Å². The number of carbonyl (C=O) groups is 1. The topological polar surface area (TPSA) is 46.3 Å². The molecule has 0 radical (unpaired) electrons. The third-order valence-electron chi connectivity index (χ3n) is 3.92. The van der Waals surface area contributed by atoms with E-state index in [1.807, 2.05) is 30.3 Å². The molecule has 2 aromatic carbocycles. The van der Waals surface area contributed by atoms with Crippen molar-refractivity contribution in [2.24, 2.45) is 5.73 Å². The number of primary amides is 1. The van der Waals surface area contributed by atoms with Crippen LogP contribution in [0.1, 0.15) is 34.3 Å². The molecule has 21 heavy (non-hydrogen) atoms. The van der Waals surface area contributed by atoms with Gasteiger partial charge in [0.15, 0.2) is 0 Å². The van der Waals surface area contributed by atoms with Gasteiger partial charge >= 0.3 is 0 Å². The van der Waals surface area contributed by atoms with E-state index in [4.69, 9.17) is 5.73 Å². The van der Waals surface area contributed by atoms with Crippen LogP contribution in [0.15, 0.2) is 54.6 Å². The first-order valence-electron chi connectivity index (χ1n) is 7.39. The van der Waals surface area contributed by atoms with Gasteiger partial charge in [0, 0.05) is 24.7 Å². The molecule has 2 aromatic rings. The van der Waals surface area contributed by atoms with Crippen molar-refractivity contribution in [1.29, 1.82) is 0 Å². The number of carbonyl (C=O) groups excluding carboxylic acids is 1. The van der Waals surface area contributed by atoms with Gasteiger partial charge in [0.1, 0.15) is 0 Å². The predicted molar refractivity (Wildman–Crippen MR) is 83.7 cm³/mol. The zero-order valence-electron chi connectivity index (χ0n) is 12.0. The number of hydrogen-bond acceptors (Lipinski definition) is 2. The lowest BCUT2D eigenvalue weighted by Gasteiger charge is -2.22. The Balaban J connectivity index is 1.69. The summed E-state index contributed by atoms with van der Waals surface area (Å²) in [6.45, 7) is 1.89. The van der Waals surface area contributed by atoms with Gasteiger partial charge in [-0.3, -0.25) is 9.69 Å². The molecule has 0 unspecified atom stereocenters. The monoisotopic (exact) mass is 280 g/mol. The first kappa shape index (κ1) is 13.8. The molecular formula is C18H20N2O. The summed E-state index contributed by atoms with van der Waals surface area (Å²) < 4.78 is 0. The minimum absolute atomic E-state index is 0.370. The minimum Gasteiger partial charge on any atom is -0.366 e. The fraction of sp³-hybridized carbons (Fsp3) is 0.278. The van der Waals surface area contributed by atoms with Crippen LogP contribution < -0.4 is 5.73 Å². The Bertz CT molecular complexity index is 603. The maximum Gasteiger partial charge on any atom is 0.248 e. The molecule has 3 nitrogen and oxygen atoms in total. The second kappa shape index (κ2) is 6.10. The molecule has 0 aromatic heterocycles. The van der Waals surface area contributed by atoms with Crippen molar-refractivity contribution in [1.82, 2.24) is 4.90 Å². The number of rotatable bonds is 6. The highest BCUT2D eigenvalue weighted by Gasteiger charge is 2.28. The summed E-state index contributed by atoms with van der Waals surface area (Å²) in [6.07, 6.45) is 2.57. The van der Waals surface area contributed by atoms with Gasteiger partial charge in [0.05, 0.1) is 0 Å². The Morgan fingerprint density at radius 2 is 1.52 bits per heavy atom. The zero-order valence-corrected chi connectivity index (χ0v) is 12.0. The number of nitrogens with two attached hydrogens (primary N) is 1. The van der Waals surface area contributed by atoms with E-state index in [0.29, 0.717) is 11.6 Å². The molecule has 0 spiro atoms. The zero-order chi connectivity index (χ0) is 14.7. The highest BCUT2D eigenvalue weighted by atomic mass is 16.1. The smallest absolute Gasteiger partial charge is 0.248 e. The Morgan fingerprint density at radius 3 is 2.05 bits per heavy atom. The van der Waals surface area contributed by atoms with E-state index in [2.05, 4.69) is 29.2 Å². The lowest BCUT2D eigenvalue weighted by atomic mass is 10.1. The Kier molecular flexibility index (Phi) is 4.02. The summed E-state index contributed by atoms with van der Waals surface area (Å²) in [4.78, 5) is 13.6. The molecular weight excluding hydrogens is 260 g/mol. The van der Waals surface area contributed by atoms with E-state index in [0.717, 1.165) is 13.1 Å². The normalized spacial score (nSPS) is 14.3. The van der Waals surface area contributed by atoms with Gasteiger partial charge in [-0.2, -0.15) is 0 Å². The fourth-order valence-electron chi connectivity index (χ4n) is 2.58. The summed E-state index contributed by atoms with van der Waals surface area (Å²) in [6, 6.07) is 18.9. The Labute approximate surface area is 125 Å². The van der Waals surface area contributed by atoms with Crippen LogP contribution in [0.2, 0.25) is 0 Å². The predicted octanol–water partition coefficient (Wildman–Crippen LogP) is 2.95. The molecule has 0 heterocycles. The third kappa shape index (κ3) is 3.70. The van der Waals surface area contributed by atoms with Gasteiger partial charge in [-0.15, -0.1) is 0 Å². The SMILES string of the molecule is NC(=O)c1ccc(CN(Cc2ccccc2)C2CC2)cc1. The van der Waals surface area contributed by atoms with Crippen LogP contribution >= 0.6 is 0 Å². The van der Waals surface area contributed by atoms with Crippen molar-refractivity contribution in [3.63, 3.8) is 0 Å². The molecule has 1 aliphatic carbocycles. The van der Waals surface area contributed by atoms with Gasteiger partial charge < -0.3 is 5.73 Å². The lowest BCUT2D eigenvalue weighted by Crippen LogP contribution is -2.25. The molecule has 1 saturated carbocycles. The maximum absolute atomic E-state index is 11.1.